The van der Waals surface area contributed by atoms with Crippen molar-refractivity contribution in [3.8, 4) is 0 Å². The number of allylic oxidation sites excluding steroid dienone is 2. The van der Waals surface area contributed by atoms with Crippen LogP contribution in [0.3, 0.4) is 0 Å². The van der Waals surface area contributed by atoms with E-state index in [2.05, 4.69) is 5.10 Å². The summed E-state index contributed by atoms with van der Waals surface area (Å²) in [6, 6.07) is 0. The van der Waals surface area contributed by atoms with Gasteiger partial charge in [0.15, 0.2) is 0 Å². The maximum Gasteiger partial charge on any atom is 0.0596 e. The fraction of sp³-hybridized carbons (Fsp3) is 0.667. The Balaban J connectivity index is -0.000000175. The highest BCUT2D eigenvalue weighted by atomic mass is 19.2. The standard InChI is InChI=1S/C5H9FN2.2C2H6/c1-3-4-5(2)7-8-6;2*1-2/h3-4,8H,1-2H3;2*1-2H3/b4-3-,7-5-;;. The summed E-state index contributed by atoms with van der Waals surface area (Å²) in [5, 5.41) is 3.23. The third-order valence-corrected chi connectivity index (χ3v) is 0.626. The molecule has 74 valence electrons. The average molecular weight is 176 g/mol. The molecule has 0 unspecified atom stereocenters. The van der Waals surface area contributed by atoms with Gasteiger partial charge in [-0.3, -0.25) is 0 Å². The van der Waals surface area contributed by atoms with Crippen LogP contribution in [0.15, 0.2) is 17.3 Å². The number of halogens is 1. The summed E-state index contributed by atoms with van der Waals surface area (Å²) >= 11 is 0. The van der Waals surface area contributed by atoms with Crippen molar-refractivity contribution in [1.29, 1.82) is 0 Å². The van der Waals surface area contributed by atoms with Gasteiger partial charge in [-0.25, -0.2) is 0 Å². The maximum atomic E-state index is 11.1. The summed E-state index contributed by atoms with van der Waals surface area (Å²) in [5.41, 5.74) is 1.81. The van der Waals surface area contributed by atoms with Crippen LogP contribution in [0, 0.1) is 0 Å². The van der Waals surface area contributed by atoms with Crippen molar-refractivity contribution in [2.24, 2.45) is 5.10 Å². The monoisotopic (exact) mass is 176 g/mol. The second-order valence-corrected chi connectivity index (χ2v) is 1.34. The first-order valence-corrected chi connectivity index (χ1v) is 4.34. The fourth-order valence-corrected chi connectivity index (χ4v) is 0.345. The number of nitrogens with zero attached hydrogens (tertiary/aromatic N) is 1. The quantitative estimate of drug-likeness (QED) is 0.389. The van der Waals surface area contributed by atoms with Gasteiger partial charge in [0, 0.05) is 0 Å². The molecule has 12 heavy (non-hydrogen) atoms. The Morgan fingerprint density at radius 3 is 1.92 bits per heavy atom. The van der Waals surface area contributed by atoms with Crippen LogP contribution in [0.5, 0.6) is 0 Å². The molecule has 0 rings (SSSR count). The van der Waals surface area contributed by atoms with E-state index in [0.29, 0.717) is 5.71 Å². The van der Waals surface area contributed by atoms with Crippen LogP contribution in [0.25, 0.3) is 0 Å². The summed E-state index contributed by atoms with van der Waals surface area (Å²) in [6.45, 7) is 11.5. The SMILES string of the molecule is C/C=C\C(C)=N/NF.CC.CC. The molecule has 2 nitrogen and oxygen atoms in total. The molecule has 0 aliphatic heterocycles. The van der Waals surface area contributed by atoms with Gasteiger partial charge < -0.3 is 0 Å². The lowest BCUT2D eigenvalue weighted by Gasteiger charge is -1.84. The number of nitrogens with one attached hydrogen (secondary N) is 1. The van der Waals surface area contributed by atoms with Crippen molar-refractivity contribution in [3.05, 3.63) is 12.2 Å². The topological polar surface area (TPSA) is 24.4 Å². The zero-order valence-electron chi connectivity index (χ0n) is 8.98. The summed E-state index contributed by atoms with van der Waals surface area (Å²) in [5.74, 6) is 0. The molecule has 0 saturated heterocycles. The Morgan fingerprint density at radius 2 is 1.67 bits per heavy atom. The van der Waals surface area contributed by atoms with Crippen LogP contribution < -0.4 is 5.65 Å². The predicted octanol–water partition coefficient (Wildman–Crippen LogP) is 3.46. The minimum Gasteiger partial charge on any atom is -0.155 e. The molecular weight excluding hydrogens is 155 g/mol. The van der Waals surface area contributed by atoms with Crippen molar-refractivity contribution in [1.82, 2.24) is 5.65 Å². The van der Waals surface area contributed by atoms with Gasteiger partial charge in [0.25, 0.3) is 0 Å². The smallest absolute Gasteiger partial charge is 0.0596 e. The van der Waals surface area contributed by atoms with Crippen LogP contribution in [-0.4, -0.2) is 5.71 Å². The van der Waals surface area contributed by atoms with Gasteiger partial charge in [-0.05, 0) is 19.9 Å². The van der Waals surface area contributed by atoms with E-state index < -0.39 is 0 Å². The Bertz CT molecular complexity index is 109. The third kappa shape index (κ3) is 22.9. The van der Waals surface area contributed by atoms with Gasteiger partial charge in [-0.1, -0.05) is 38.3 Å². The van der Waals surface area contributed by atoms with E-state index in [9.17, 15) is 4.48 Å². The number of hydrazone groups is 1. The molecule has 0 aromatic heterocycles. The molecule has 0 aliphatic rings. The average Bonchev–Trinajstić information content (AvgIpc) is 2.12. The zero-order valence-corrected chi connectivity index (χ0v) is 8.98. The molecule has 0 radical (unpaired) electrons. The minimum absolute atomic E-state index is 0.620. The molecule has 0 aliphatic carbocycles. The molecular formula is C9H21FN2. The molecule has 0 atom stereocenters. The summed E-state index contributed by atoms with van der Waals surface area (Å²) in [7, 11) is 0. The van der Waals surface area contributed by atoms with E-state index in [1.54, 1.807) is 19.1 Å². The van der Waals surface area contributed by atoms with E-state index >= 15 is 0 Å². The predicted molar refractivity (Wildman–Crippen MR) is 54.9 cm³/mol. The molecule has 3 heteroatoms. The van der Waals surface area contributed by atoms with Crippen LogP contribution in [0.2, 0.25) is 0 Å². The summed E-state index contributed by atoms with van der Waals surface area (Å²) in [4.78, 5) is 0. The first-order chi connectivity index (χ1) is 5.81. The first-order valence-electron chi connectivity index (χ1n) is 4.34. The lowest BCUT2D eigenvalue weighted by Crippen LogP contribution is -1.92. The highest BCUT2D eigenvalue weighted by Gasteiger charge is 1.76. The van der Waals surface area contributed by atoms with E-state index in [-0.39, 0.29) is 0 Å². The normalized spacial score (nSPS) is 9.42. The lowest BCUT2D eigenvalue weighted by molar-refractivity contribution is 0.347. The van der Waals surface area contributed by atoms with Crippen molar-refractivity contribution in [2.45, 2.75) is 41.5 Å². The largest absolute Gasteiger partial charge is 0.155 e. The Hall–Kier alpha value is -0.860. The van der Waals surface area contributed by atoms with Crippen molar-refractivity contribution in [3.63, 3.8) is 0 Å². The molecule has 1 N–H and O–H groups in total. The van der Waals surface area contributed by atoms with Crippen LogP contribution in [0.1, 0.15) is 41.5 Å². The van der Waals surface area contributed by atoms with Gasteiger partial charge in [-0.2, -0.15) is 5.10 Å². The van der Waals surface area contributed by atoms with Crippen LogP contribution in [-0.2, 0) is 0 Å². The second-order valence-electron chi connectivity index (χ2n) is 1.34. The number of rotatable bonds is 2. The molecule has 0 saturated carbocycles. The molecule has 0 spiro atoms. The number of hydrogen-bond acceptors (Lipinski definition) is 2. The van der Waals surface area contributed by atoms with Gasteiger partial charge in [0.05, 0.1) is 5.71 Å². The van der Waals surface area contributed by atoms with Crippen molar-refractivity contribution in [2.75, 3.05) is 0 Å². The van der Waals surface area contributed by atoms with Crippen molar-refractivity contribution >= 4 is 5.71 Å². The summed E-state index contributed by atoms with van der Waals surface area (Å²) < 4.78 is 11.1. The van der Waals surface area contributed by atoms with E-state index in [0.717, 1.165) is 0 Å². The maximum absolute atomic E-state index is 11.1. The lowest BCUT2D eigenvalue weighted by atomic mass is 10.4. The Kier molecular flexibility index (Phi) is 32.4. The number of hydrogen-bond donors (Lipinski definition) is 1. The summed E-state index contributed by atoms with van der Waals surface area (Å²) in [6.07, 6.45) is 3.49. The molecule has 0 amide bonds. The molecule has 0 aromatic rings. The fourth-order valence-electron chi connectivity index (χ4n) is 0.345. The highest BCUT2D eigenvalue weighted by molar-refractivity contribution is 5.92. The van der Waals surface area contributed by atoms with Gasteiger partial charge in [0.1, 0.15) is 0 Å². The van der Waals surface area contributed by atoms with Crippen LogP contribution >= 0.6 is 0 Å². The molecule has 0 fully saturated rings. The van der Waals surface area contributed by atoms with Crippen LogP contribution in [0.4, 0.5) is 4.48 Å². The van der Waals surface area contributed by atoms with E-state index in [1.165, 1.54) is 5.65 Å². The Labute approximate surface area is 75.5 Å². The third-order valence-electron chi connectivity index (χ3n) is 0.626. The first kappa shape index (κ1) is 17.3. The van der Waals surface area contributed by atoms with Crippen molar-refractivity contribution < 1.29 is 4.48 Å². The van der Waals surface area contributed by atoms with Gasteiger partial charge >= 0.3 is 0 Å². The zero-order chi connectivity index (χ0) is 10.4. The highest BCUT2D eigenvalue weighted by Crippen LogP contribution is 1.76. The minimum atomic E-state index is 0.620. The van der Waals surface area contributed by atoms with Gasteiger partial charge in [-0.15, -0.1) is 5.65 Å². The molecule has 0 aromatic carbocycles. The van der Waals surface area contributed by atoms with Gasteiger partial charge in [0.2, 0.25) is 0 Å². The molecule has 0 heterocycles. The second kappa shape index (κ2) is 22.5. The molecule has 0 bridgehead atoms. The van der Waals surface area contributed by atoms with E-state index in [4.69, 9.17) is 0 Å². The van der Waals surface area contributed by atoms with E-state index in [1.807, 2.05) is 34.6 Å². The Morgan fingerprint density at radius 1 is 1.25 bits per heavy atom.